The molecule has 0 saturated heterocycles. The van der Waals surface area contributed by atoms with Crippen molar-refractivity contribution in [3.05, 3.63) is 33.4 Å². The van der Waals surface area contributed by atoms with E-state index in [1.54, 1.807) is 0 Å². The molecule has 15 heavy (non-hydrogen) atoms. The fourth-order valence-electron chi connectivity index (χ4n) is 1.68. The Labute approximate surface area is 107 Å². The van der Waals surface area contributed by atoms with Crippen molar-refractivity contribution in [2.75, 3.05) is 0 Å². The van der Waals surface area contributed by atoms with Crippen LogP contribution in [-0.2, 0) is 0 Å². The van der Waals surface area contributed by atoms with Crippen LogP contribution in [-0.4, -0.2) is 0 Å². The molecule has 1 nitrogen and oxygen atoms in total. The summed E-state index contributed by atoms with van der Waals surface area (Å²) in [4.78, 5) is 0. The molecule has 2 N–H and O–H groups in total. The van der Waals surface area contributed by atoms with Crippen molar-refractivity contribution >= 4 is 22.6 Å². The topological polar surface area (TPSA) is 26.0 Å². The molecule has 2 heteroatoms. The first-order chi connectivity index (χ1) is 7.11. The fraction of sp³-hybridized carbons (Fsp3) is 0.538. The molecule has 0 amide bonds. The summed E-state index contributed by atoms with van der Waals surface area (Å²) >= 11 is 2.36. The first-order valence-electron chi connectivity index (χ1n) is 5.61. The Morgan fingerprint density at radius 2 is 1.87 bits per heavy atom. The summed E-state index contributed by atoms with van der Waals surface area (Å²) in [6.07, 6.45) is 3.60. The number of benzene rings is 1. The Kier molecular flexibility index (Phi) is 5.61. The molecule has 0 aliphatic carbocycles. The highest BCUT2D eigenvalue weighted by molar-refractivity contribution is 14.1. The summed E-state index contributed by atoms with van der Waals surface area (Å²) in [5.74, 6) is 0.784. The van der Waals surface area contributed by atoms with Crippen molar-refractivity contribution in [2.24, 2.45) is 11.7 Å². The van der Waals surface area contributed by atoms with E-state index in [-0.39, 0.29) is 6.04 Å². The van der Waals surface area contributed by atoms with Gasteiger partial charge in [0.1, 0.15) is 0 Å². The Morgan fingerprint density at radius 1 is 1.20 bits per heavy atom. The number of nitrogens with two attached hydrogens (primary N) is 1. The van der Waals surface area contributed by atoms with E-state index in [4.69, 9.17) is 5.73 Å². The molecule has 0 bridgehead atoms. The third kappa shape index (κ3) is 4.51. The van der Waals surface area contributed by atoms with E-state index in [0.717, 1.165) is 12.3 Å². The van der Waals surface area contributed by atoms with Crippen molar-refractivity contribution in [3.63, 3.8) is 0 Å². The van der Waals surface area contributed by atoms with Crippen LogP contribution in [0.2, 0.25) is 0 Å². The van der Waals surface area contributed by atoms with Crippen molar-refractivity contribution in [1.82, 2.24) is 0 Å². The number of rotatable bonds is 5. The minimum atomic E-state index is 0.205. The van der Waals surface area contributed by atoms with Gasteiger partial charge in [0, 0.05) is 9.61 Å². The van der Waals surface area contributed by atoms with Gasteiger partial charge in [0.05, 0.1) is 0 Å². The van der Waals surface area contributed by atoms with E-state index in [0.29, 0.717) is 0 Å². The van der Waals surface area contributed by atoms with Gasteiger partial charge in [-0.3, -0.25) is 0 Å². The predicted molar refractivity (Wildman–Crippen MR) is 74.8 cm³/mol. The Morgan fingerprint density at radius 3 is 2.47 bits per heavy atom. The van der Waals surface area contributed by atoms with Gasteiger partial charge in [0.2, 0.25) is 0 Å². The second kappa shape index (κ2) is 6.48. The van der Waals surface area contributed by atoms with Crippen LogP contribution in [0, 0.1) is 9.49 Å². The Hall–Kier alpha value is -0.0900. The molecule has 0 radical (unpaired) electrons. The minimum absolute atomic E-state index is 0.205. The maximum absolute atomic E-state index is 6.18. The molecule has 0 aliphatic rings. The molecular formula is C13H20IN. The van der Waals surface area contributed by atoms with Crippen molar-refractivity contribution in [1.29, 1.82) is 0 Å². The van der Waals surface area contributed by atoms with Crippen LogP contribution in [0.3, 0.4) is 0 Å². The van der Waals surface area contributed by atoms with E-state index < -0.39 is 0 Å². The lowest BCUT2D eigenvalue weighted by Crippen LogP contribution is -2.11. The van der Waals surface area contributed by atoms with Gasteiger partial charge in [-0.05, 0) is 46.6 Å². The maximum Gasteiger partial charge on any atom is 0.0305 e. The van der Waals surface area contributed by atoms with E-state index >= 15 is 0 Å². The van der Waals surface area contributed by atoms with E-state index in [2.05, 4.69) is 60.7 Å². The third-order valence-electron chi connectivity index (χ3n) is 2.60. The lowest BCUT2D eigenvalue weighted by atomic mass is 9.99. The summed E-state index contributed by atoms with van der Waals surface area (Å²) < 4.78 is 1.28. The fourth-order valence-corrected chi connectivity index (χ4v) is 2.46. The average molecular weight is 317 g/mol. The summed E-state index contributed by atoms with van der Waals surface area (Å²) in [6.45, 7) is 4.52. The summed E-state index contributed by atoms with van der Waals surface area (Å²) in [7, 11) is 0. The van der Waals surface area contributed by atoms with Gasteiger partial charge in [0.15, 0.2) is 0 Å². The molecule has 0 heterocycles. The number of hydrogen-bond acceptors (Lipinski definition) is 1. The first-order valence-corrected chi connectivity index (χ1v) is 6.69. The molecule has 0 saturated carbocycles. The molecule has 0 aliphatic heterocycles. The van der Waals surface area contributed by atoms with Gasteiger partial charge in [-0.2, -0.15) is 0 Å². The molecule has 1 aromatic carbocycles. The molecule has 1 atom stereocenters. The van der Waals surface area contributed by atoms with Gasteiger partial charge in [0.25, 0.3) is 0 Å². The van der Waals surface area contributed by atoms with Crippen LogP contribution in [0.4, 0.5) is 0 Å². The van der Waals surface area contributed by atoms with E-state index in [1.165, 1.54) is 22.0 Å². The SMILES string of the molecule is CC(C)CCCC(N)c1ccccc1I. The zero-order valence-electron chi connectivity index (χ0n) is 9.54. The molecule has 0 spiro atoms. The second-order valence-corrected chi connectivity index (χ2v) is 5.61. The summed E-state index contributed by atoms with van der Waals surface area (Å²) in [5, 5.41) is 0. The van der Waals surface area contributed by atoms with E-state index in [9.17, 15) is 0 Å². The third-order valence-corrected chi connectivity index (χ3v) is 3.58. The Balaban J connectivity index is 2.47. The molecule has 1 aromatic rings. The summed E-state index contributed by atoms with van der Waals surface area (Å²) in [6, 6.07) is 8.60. The van der Waals surface area contributed by atoms with Crippen LogP contribution in [0.1, 0.15) is 44.7 Å². The highest BCUT2D eigenvalue weighted by atomic mass is 127. The van der Waals surface area contributed by atoms with Crippen LogP contribution in [0.15, 0.2) is 24.3 Å². The van der Waals surface area contributed by atoms with Crippen molar-refractivity contribution < 1.29 is 0 Å². The second-order valence-electron chi connectivity index (χ2n) is 4.45. The maximum atomic E-state index is 6.18. The van der Waals surface area contributed by atoms with Crippen LogP contribution in [0.5, 0.6) is 0 Å². The monoisotopic (exact) mass is 317 g/mol. The first kappa shape index (κ1) is 13.0. The highest BCUT2D eigenvalue weighted by Gasteiger charge is 2.08. The molecule has 1 rings (SSSR count). The van der Waals surface area contributed by atoms with Crippen molar-refractivity contribution in [2.45, 2.75) is 39.2 Å². The molecule has 0 fully saturated rings. The molecular weight excluding hydrogens is 297 g/mol. The molecule has 1 unspecified atom stereocenters. The zero-order valence-corrected chi connectivity index (χ0v) is 11.7. The highest BCUT2D eigenvalue weighted by Crippen LogP contribution is 2.22. The zero-order chi connectivity index (χ0) is 11.3. The normalized spacial score (nSPS) is 13.1. The van der Waals surface area contributed by atoms with Crippen LogP contribution >= 0.6 is 22.6 Å². The van der Waals surface area contributed by atoms with Gasteiger partial charge in [-0.1, -0.05) is 44.9 Å². The largest absolute Gasteiger partial charge is 0.324 e. The molecule has 0 aromatic heterocycles. The smallest absolute Gasteiger partial charge is 0.0305 e. The predicted octanol–water partition coefficient (Wildman–Crippen LogP) is 4.12. The van der Waals surface area contributed by atoms with Gasteiger partial charge in [-0.25, -0.2) is 0 Å². The Bertz CT molecular complexity index is 296. The van der Waals surface area contributed by atoms with Gasteiger partial charge < -0.3 is 5.73 Å². The van der Waals surface area contributed by atoms with Crippen LogP contribution < -0.4 is 5.73 Å². The van der Waals surface area contributed by atoms with Gasteiger partial charge >= 0.3 is 0 Å². The number of halogens is 1. The standard InChI is InChI=1S/C13H20IN/c1-10(2)6-5-9-13(15)11-7-3-4-8-12(11)14/h3-4,7-8,10,13H,5-6,9,15H2,1-2H3. The van der Waals surface area contributed by atoms with E-state index in [1.807, 2.05) is 0 Å². The number of hydrogen-bond donors (Lipinski definition) is 1. The lowest BCUT2D eigenvalue weighted by Gasteiger charge is -2.14. The van der Waals surface area contributed by atoms with Gasteiger partial charge in [-0.15, -0.1) is 0 Å². The summed E-state index contributed by atoms with van der Waals surface area (Å²) in [5.41, 5.74) is 7.47. The quantitative estimate of drug-likeness (QED) is 0.812. The van der Waals surface area contributed by atoms with Crippen LogP contribution in [0.25, 0.3) is 0 Å². The molecule has 84 valence electrons. The van der Waals surface area contributed by atoms with Crippen molar-refractivity contribution in [3.8, 4) is 0 Å². The lowest BCUT2D eigenvalue weighted by molar-refractivity contribution is 0.505. The minimum Gasteiger partial charge on any atom is -0.324 e. The average Bonchev–Trinajstić information content (AvgIpc) is 2.17.